The van der Waals surface area contributed by atoms with Crippen LogP contribution in [0.2, 0.25) is 0 Å². The molecule has 0 aromatic carbocycles. The van der Waals surface area contributed by atoms with Crippen molar-refractivity contribution in [2.75, 3.05) is 6.54 Å². The average Bonchev–Trinajstić information content (AvgIpc) is 2.29. The molecule has 4 heteroatoms. The van der Waals surface area contributed by atoms with Crippen molar-refractivity contribution in [2.45, 2.75) is 31.7 Å². The Labute approximate surface area is 94.3 Å². The van der Waals surface area contributed by atoms with Gasteiger partial charge in [0.25, 0.3) is 0 Å². The van der Waals surface area contributed by atoms with Gasteiger partial charge in [0.1, 0.15) is 0 Å². The summed E-state index contributed by atoms with van der Waals surface area (Å²) in [5.74, 6) is 0. The van der Waals surface area contributed by atoms with E-state index in [9.17, 15) is 4.79 Å². The molecule has 1 aromatic heterocycles. The number of H-pyrrole nitrogens is 1. The molecular weight excluding hydrogens is 202 g/mol. The predicted octanol–water partition coefficient (Wildman–Crippen LogP) is 1.26. The van der Waals surface area contributed by atoms with E-state index in [-0.39, 0.29) is 11.6 Å². The van der Waals surface area contributed by atoms with Gasteiger partial charge in [0.15, 0.2) is 0 Å². The van der Waals surface area contributed by atoms with E-state index in [1.165, 1.54) is 5.56 Å². The molecule has 2 N–H and O–H groups in total. The highest BCUT2D eigenvalue weighted by Gasteiger charge is 2.19. The lowest BCUT2D eigenvalue weighted by Crippen LogP contribution is -2.27. The first-order valence-corrected chi connectivity index (χ1v) is 5.63. The number of nitrogens with zero attached hydrogens (tertiary/aromatic N) is 1. The van der Waals surface area contributed by atoms with E-state index in [4.69, 9.17) is 5.26 Å². The summed E-state index contributed by atoms with van der Waals surface area (Å²) < 4.78 is 0. The van der Waals surface area contributed by atoms with E-state index in [2.05, 4.69) is 16.4 Å². The number of aromatic nitrogens is 1. The first-order valence-electron chi connectivity index (χ1n) is 5.63. The summed E-state index contributed by atoms with van der Waals surface area (Å²) >= 11 is 0. The van der Waals surface area contributed by atoms with E-state index in [1.54, 1.807) is 6.07 Å². The molecule has 0 aliphatic heterocycles. The van der Waals surface area contributed by atoms with E-state index in [1.807, 2.05) is 6.07 Å². The van der Waals surface area contributed by atoms with Gasteiger partial charge in [0.2, 0.25) is 5.56 Å². The van der Waals surface area contributed by atoms with E-state index >= 15 is 0 Å². The van der Waals surface area contributed by atoms with Crippen molar-refractivity contribution in [1.29, 1.82) is 5.26 Å². The number of pyridine rings is 1. The molecule has 4 nitrogen and oxygen atoms in total. The minimum atomic E-state index is -0.0311. The van der Waals surface area contributed by atoms with Crippen molar-refractivity contribution in [3.8, 4) is 6.07 Å². The second-order valence-electron chi connectivity index (χ2n) is 4.06. The Morgan fingerprint density at radius 3 is 3.25 bits per heavy atom. The maximum atomic E-state index is 11.2. The topological polar surface area (TPSA) is 68.7 Å². The van der Waals surface area contributed by atoms with Crippen LogP contribution in [0.25, 0.3) is 0 Å². The Morgan fingerprint density at radius 1 is 1.56 bits per heavy atom. The molecule has 1 aliphatic rings. The van der Waals surface area contributed by atoms with Gasteiger partial charge < -0.3 is 10.3 Å². The van der Waals surface area contributed by atoms with Crippen LogP contribution in [0.3, 0.4) is 0 Å². The SMILES string of the molecule is N#CCCNC1CCCc2[nH]c(=O)ccc21. The summed E-state index contributed by atoms with van der Waals surface area (Å²) in [5, 5.41) is 11.8. The molecule has 1 atom stereocenters. The Balaban J connectivity index is 2.14. The zero-order valence-corrected chi connectivity index (χ0v) is 9.12. The van der Waals surface area contributed by atoms with Crippen molar-refractivity contribution in [1.82, 2.24) is 10.3 Å². The standard InChI is InChI=1S/C12H15N3O/c13-7-2-8-14-10-3-1-4-11-9(10)5-6-12(16)15-11/h5-6,10,14H,1-4,8H2,(H,15,16). The molecular formula is C12H15N3O. The highest BCUT2D eigenvalue weighted by Crippen LogP contribution is 2.27. The van der Waals surface area contributed by atoms with Gasteiger partial charge in [-0.25, -0.2) is 0 Å². The quantitative estimate of drug-likeness (QED) is 0.749. The van der Waals surface area contributed by atoms with Gasteiger partial charge in [0.05, 0.1) is 6.07 Å². The lowest BCUT2D eigenvalue weighted by molar-refractivity contribution is 0.459. The van der Waals surface area contributed by atoms with Gasteiger partial charge in [-0.05, 0) is 24.8 Å². The van der Waals surface area contributed by atoms with Crippen LogP contribution in [0.4, 0.5) is 0 Å². The van der Waals surface area contributed by atoms with Gasteiger partial charge in [-0.2, -0.15) is 5.26 Å². The van der Waals surface area contributed by atoms with Crippen molar-refractivity contribution in [3.05, 3.63) is 33.7 Å². The molecule has 0 saturated heterocycles. The zero-order valence-electron chi connectivity index (χ0n) is 9.12. The molecule has 0 radical (unpaired) electrons. The van der Waals surface area contributed by atoms with Gasteiger partial charge in [-0.3, -0.25) is 4.79 Å². The highest BCUT2D eigenvalue weighted by molar-refractivity contribution is 5.26. The zero-order chi connectivity index (χ0) is 11.4. The van der Waals surface area contributed by atoms with Crippen molar-refractivity contribution < 1.29 is 0 Å². The number of aromatic amines is 1. The number of fused-ring (bicyclic) bond motifs is 1. The van der Waals surface area contributed by atoms with Gasteiger partial charge in [0, 0.05) is 30.8 Å². The summed E-state index contributed by atoms with van der Waals surface area (Å²) in [6.07, 6.45) is 3.62. The number of aryl methyl sites for hydroxylation is 1. The molecule has 1 aromatic rings. The van der Waals surface area contributed by atoms with Gasteiger partial charge >= 0.3 is 0 Å². The largest absolute Gasteiger partial charge is 0.326 e. The smallest absolute Gasteiger partial charge is 0.248 e. The van der Waals surface area contributed by atoms with E-state index in [0.29, 0.717) is 13.0 Å². The van der Waals surface area contributed by atoms with Crippen molar-refractivity contribution >= 4 is 0 Å². The molecule has 2 rings (SSSR count). The fourth-order valence-corrected chi connectivity index (χ4v) is 2.21. The summed E-state index contributed by atoms with van der Waals surface area (Å²) in [6.45, 7) is 0.708. The van der Waals surface area contributed by atoms with Gasteiger partial charge in [-0.15, -0.1) is 0 Å². The second kappa shape index (κ2) is 4.95. The minimum Gasteiger partial charge on any atom is -0.326 e. The van der Waals surface area contributed by atoms with Crippen LogP contribution in [0.1, 0.15) is 36.6 Å². The molecule has 1 aliphatic carbocycles. The fraction of sp³-hybridized carbons (Fsp3) is 0.500. The molecule has 0 saturated carbocycles. The third kappa shape index (κ3) is 2.31. The number of hydrogen-bond donors (Lipinski definition) is 2. The summed E-state index contributed by atoms with van der Waals surface area (Å²) in [5.41, 5.74) is 2.20. The van der Waals surface area contributed by atoms with Gasteiger partial charge in [-0.1, -0.05) is 6.07 Å². The maximum Gasteiger partial charge on any atom is 0.248 e. The number of rotatable bonds is 3. The van der Waals surface area contributed by atoms with Crippen LogP contribution in [-0.2, 0) is 6.42 Å². The third-order valence-corrected chi connectivity index (χ3v) is 2.96. The first kappa shape index (κ1) is 10.9. The maximum absolute atomic E-state index is 11.2. The third-order valence-electron chi connectivity index (χ3n) is 2.96. The molecule has 0 bridgehead atoms. The minimum absolute atomic E-state index is 0.0311. The molecule has 16 heavy (non-hydrogen) atoms. The van der Waals surface area contributed by atoms with Crippen LogP contribution < -0.4 is 10.9 Å². The average molecular weight is 217 g/mol. The Hall–Kier alpha value is -1.60. The van der Waals surface area contributed by atoms with Crippen LogP contribution in [0.15, 0.2) is 16.9 Å². The van der Waals surface area contributed by atoms with Crippen LogP contribution >= 0.6 is 0 Å². The molecule has 0 spiro atoms. The highest BCUT2D eigenvalue weighted by atomic mass is 16.1. The molecule has 1 unspecified atom stereocenters. The summed E-state index contributed by atoms with van der Waals surface area (Å²) in [6, 6.07) is 5.88. The van der Waals surface area contributed by atoms with E-state index in [0.717, 1.165) is 25.0 Å². The molecule has 1 heterocycles. The monoisotopic (exact) mass is 217 g/mol. The number of nitrogens with one attached hydrogen (secondary N) is 2. The first-order chi connectivity index (χ1) is 7.81. The van der Waals surface area contributed by atoms with Crippen LogP contribution in [-0.4, -0.2) is 11.5 Å². The number of nitriles is 1. The second-order valence-corrected chi connectivity index (χ2v) is 4.06. The Morgan fingerprint density at radius 2 is 2.44 bits per heavy atom. The summed E-state index contributed by atoms with van der Waals surface area (Å²) in [4.78, 5) is 14.1. The lowest BCUT2D eigenvalue weighted by Gasteiger charge is -2.25. The lowest BCUT2D eigenvalue weighted by atomic mass is 9.91. The molecule has 0 fully saturated rings. The Bertz CT molecular complexity index is 458. The fourth-order valence-electron chi connectivity index (χ4n) is 2.21. The number of hydrogen-bond acceptors (Lipinski definition) is 3. The molecule has 84 valence electrons. The predicted molar refractivity (Wildman–Crippen MR) is 61.0 cm³/mol. The van der Waals surface area contributed by atoms with Crippen LogP contribution in [0, 0.1) is 11.3 Å². The normalized spacial score (nSPS) is 18.8. The van der Waals surface area contributed by atoms with Crippen molar-refractivity contribution in [3.63, 3.8) is 0 Å². The van der Waals surface area contributed by atoms with E-state index < -0.39 is 0 Å². The molecule has 0 amide bonds. The van der Waals surface area contributed by atoms with Crippen molar-refractivity contribution in [2.24, 2.45) is 0 Å². The summed E-state index contributed by atoms with van der Waals surface area (Å²) in [7, 11) is 0. The Kier molecular flexibility index (Phi) is 3.37. The van der Waals surface area contributed by atoms with Crippen LogP contribution in [0.5, 0.6) is 0 Å².